The van der Waals surface area contributed by atoms with Crippen LogP contribution in [0.2, 0.25) is 0 Å². The fraction of sp³-hybridized carbons (Fsp3) is 0.304. The van der Waals surface area contributed by atoms with Crippen molar-refractivity contribution in [3.63, 3.8) is 0 Å². The minimum absolute atomic E-state index is 0.0396. The fourth-order valence-corrected chi connectivity index (χ4v) is 4.38. The molecule has 4 aromatic rings. The van der Waals surface area contributed by atoms with Gasteiger partial charge in [-0.3, -0.25) is 14.1 Å². The van der Waals surface area contributed by atoms with E-state index in [-0.39, 0.29) is 11.7 Å². The lowest BCUT2D eigenvalue weighted by atomic mass is 9.95. The Morgan fingerprint density at radius 3 is 2.55 bits per heavy atom. The van der Waals surface area contributed by atoms with Gasteiger partial charge in [-0.25, -0.2) is 9.78 Å². The predicted octanol–water partition coefficient (Wildman–Crippen LogP) is 4.28. The van der Waals surface area contributed by atoms with Gasteiger partial charge in [0.05, 0.1) is 29.9 Å². The lowest BCUT2D eigenvalue weighted by Crippen LogP contribution is -2.27. The standard InChI is InChI=1S/C23H23N4O2/c1-26-20-14-24-19-10-8-15(16-9-11-21(29-2)25-13-16)12-18(19)22(20)27(23(26)28)17-6-4-3-5-7-17/h3,8-14,17H,4-7H2,1-2H3. The Morgan fingerprint density at radius 1 is 1.03 bits per heavy atom. The molecule has 0 bridgehead atoms. The minimum Gasteiger partial charge on any atom is -0.481 e. The van der Waals surface area contributed by atoms with E-state index in [0.29, 0.717) is 5.88 Å². The second-order valence-electron chi connectivity index (χ2n) is 7.62. The molecule has 0 spiro atoms. The van der Waals surface area contributed by atoms with Crippen LogP contribution in [0.4, 0.5) is 0 Å². The zero-order chi connectivity index (χ0) is 20.0. The van der Waals surface area contributed by atoms with Gasteiger partial charge in [-0.15, -0.1) is 0 Å². The highest BCUT2D eigenvalue weighted by atomic mass is 16.5. The molecule has 3 aromatic heterocycles. The van der Waals surface area contributed by atoms with Crippen molar-refractivity contribution in [3.8, 4) is 17.0 Å². The van der Waals surface area contributed by atoms with E-state index in [4.69, 9.17) is 4.74 Å². The normalized spacial score (nSPS) is 15.2. The van der Waals surface area contributed by atoms with E-state index in [1.807, 2.05) is 48.3 Å². The van der Waals surface area contributed by atoms with Crippen molar-refractivity contribution < 1.29 is 4.74 Å². The first kappa shape index (κ1) is 17.9. The number of imidazole rings is 1. The quantitative estimate of drug-likeness (QED) is 0.526. The van der Waals surface area contributed by atoms with Crippen molar-refractivity contribution in [1.82, 2.24) is 19.1 Å². The number of nitrogens with zero attached hydrogens (tertiary/aromatic N) is 4. The van der Waals surface area contributed by atoms with Gasteiger partial charge in [0.2, 0.25) is 5.88 Å². The van der Waals surface area contributed by atoms with Gasteiger partial charge in [-0.05, 0) is 55.9 Å². The highest BCUT2D eigenvalue weighted by Crippen LogP contribution is 2.33. The summed E-state index contributed by atoms with van der Waals surface area (Å²) in [6.07, 6.45) is 10.1. The third-order valence-corrected chi connectivity index (χ3v) is 5.97. The van der Waals surface area contributed by atoms with Crippen molar-refractivity contribution in [3.05, 3.63) is 59.6 Å². The van der Waals surface area contributed by atoms with E-state index in [0.717, 1.165) is 58.7 Å². The van der Waals surface area contributed by atoms with E-state index < -0.39 is 0 Å². The Labute approximate surface area is 168 Å². The molecule has 0 N–H and O–H groups in total. The predicted molar refractivity (Wildman–Crippen MR) is 114 cm³/mol. The van der Waals surface area contributed by atoms with Crippen LogP contribution in [-0.2, 0) is 7.05 Å². The summed E-state index contributed by atoms with van der Waals surface area (Å²) < 4.78 is 8.89. The average Bonchev–Trinajstić information content (AvgIpc) is 3.04. The fourth-order valence-electron chi connectivity index (χ4n) is 4.38. The van der Waals surface area contributed by atoms with Crippen LogP contribution in [0.1, 0.15) is 31.7 Å². The number of pyridine rings is 2. The number of methoxy groups -OCH3 is 1. The summed E-state index contributed by atoms with van der Waals surface area (Å²) in [5.74, 6) is 0.588. The molecule has 29 heavy (non-hydrogen) atoms. The maximum Gasteiger partial charge on any atom is 0.329 e. The van der Waals surface area contributed by atoms with Gasteiger partial charge in [0.25, 0.3) is 0 Å². The Morgan fingerprint density at radius 2 is 1.83 bits per heavy atom. The molecule has 0 saturated heterocycles. The Balaban J connectivity index is 1.75. The Bertz CT molecular complexity index is 1250. The van der Waals surface area contributed by atoms with E-state index in [1.54, 1.807) is 11.7 Å². The maximum absolute atomic E-state index is 13.1. The van der Waals surface area contributed by atoms with Crippen LogP contribution in [0.25, 0.3) is 33.1 Å². The first-order valence-corrected chi connectivity index (χ1v) is 9.99. The maximum atomic E-state index is 13.1. The van der Waals surface area contributed by atoms with E-state index >= 15 is 0 Å². The first-order chi connectivity index (χ1) is 14.2. The number of aryl methyl sites for hydroxylation is 1. The van der Waals surface area contributed by atoms with Crippen molar-refractivity contribution in [2.75, 3.05) is 7.11 Å². The molecule has 147 valence electrons. The summed E-state index contributed by atoms with van der Waals surface area (Å²) in [5.41, 5.74) is 4.84. The largest absolute Gasteiger partial charge is 0.481 e. The summed E-state index contributed by atoms with van der Waals surface area (Å²) in [7, 11) is 3.44. The molecule has 1 saturated carbocycles. The molecule has 0 atom stereocenters. The second-order valence-corrected chi connectivity index (χ2v) is 7.62. The van der Waals surface area contributed by atoms with Crippen molar-refractivity contribution in [2.24, 2.45) is 7.05 Å². The van der Waals surface area contributed by atoms with Crippen LogP contribution < -0.4 is 10.4 Å². The third-order valence-electron chi connectivity index (χ3n) is 5.97. The number of hydrogen-bond donors (Lipinski definition) is 0. The molecule has 5 rings (SSSR count). The zero-order valence-electron chi connectivity index (χ0n) is 16.6. The molecular weight excluding hydrogens is 364 g/mol. The number of ether oxygens (including phenoxy) is 1. The van der Waals surface area contributed by atoms with E-state index in [9.17, 15) is 4.79 Å². The summed E-state index contributed by atoms with van der Waals surface area (Å²) in [5, 5.41) is 1.00. The van der Waals surface area contributed by atoms with Gasteiger partial charge in [-0.2, -0.15) is 0 Å². The number of benzene rings is 1. The lowest BCUT2D eigenvalue weighted by molar-refractivity contribution is 0.393. The highest BCUT2D eigenvalue weighted by molar-refractivity contribution is 6.04. The Kier molecular flexibility index (Phi) is 4.34. The second kappa shape index (κ2) is 7.03. The monoisotopic (exact) mass is 387 g/mol. The van der Waals surface area contributed by atoms with Gasteiger partial charge >= 0.3 is 5.69 Å². The van der Waals surface area contributed by atoms with Crippen LogP contribution in [0.3, 0.4) is 0 Å². The minimum atomic E-state index is 0.0396. The molecule has 6 heteroatoms. The Hall–Kier alpha value is -3.15. The van der Waals surface area contributed by atoms with Crippen molar-refractivity contribution >= 4 is 21.9 Å². The number of aromatic nitrogens is 4. The van der Waals surface area contributed by atoms with Gasteiger partial charge in [0.15, 0.2) is 0 Å². The van der Waals surface area contributed by atoms with Gasteiger partial charge in [-0.1, -0.05) is 6.07 Å². The third kappa shape index (κ3) is 2.90. The molecule has 3 heterocycles. The summed E-state index contributed by atoms with van der Waals surface area (Å²) in [6, 6.07) is 10.3. The molecule has 6 nitrogen and oxygen atoms in total. The van der Waals surface area contributed by atoms with E-state index in [1.165, 1.54) is 0 Å². The van der Waals surface area contributed by atoms with Crippen LogP contribution in [0.15, 0.2) is 47.5 Å². The summed E-state index contributed by atoms with van der Waals surface area (Å²) in [6.45, 7) is 0. The highest BCUT2D eigenvalue weighted by Gasteiger charge is 2.23. The van der Waals surface area contributed by atoms with Gasteiger partial charge < -0.3 is 4.74 Å². The molecular formula is C23H23N4O2. The number of fused-ring (bicyclic) bond motifs is 3. The van der Waals surface area contributed by atoms with Crippen LogP contribution in [-0.4, -0.2) is 26.2 Å². The average molecular weight is 387 g/mol. The molecule has 1 fully saturated rings. The van der Waals surface area contributed by atoms with Crippen LogP contribution in [0, 0.1) is 6.42 Å². The lowest BCUT2D eigenvalue weighted by Gasteiger charge is -2.23. The zero-order valence-corrected chi connectivity index (χ0v) is 16.6. The van der Waals surface area contributed by atoms with Crippen LogP contribution in [0.5, 0.6) is 5.88 Å². The molecule has 1 aromatic carbocycles. The van der Waals surface area contributed by atoms with Crippen molar-refractivity contribution in [1.29, 1.82) is 0 Å². The summed E-state index contributed by atoms with van der Waals surface area (Å²) in [4.78, 5) is 22.1. The molecule has 0 aliphatic heterocycles. The molecule has 1 aliphatic rings. The molecule has 0 unspecified atom stereocenters. The SMILES string of the molecule is COc1ccc(-c2ccc3ncc4c(c3c2)n(C2CC[CH]CC2)c(=O)n4C)cn1. The van der Waals surface area contributed by atoms with Crippen molar-refractivity contribution in [2.45, 2.75) is 31.7 Å². The van der Waals surface area contributed by atoms with Crippen LogP contribution >= 0.6 is 0 Å². The van der Waals surface area contributed by atoms with E-state index in [2.05, 4.69) is 22.5 Å². The number of rotatable bonds is 3. The molecule has 1 aliphatic carbocycles. The van der Waals surface area contributed by atoms with Gasteiger partial charge in [0, 0.05) is 36.3 Å². The molecule has 0 amide bonds. The topological polar surface area (TPSA) is 61.9 Å². The smallest absolute Gasteiger partial charge is 0.329 e. The van der Waals surface area contributed by atoms with Gasteiger partial charge in [0.1, 0.15) is 0 Å². The molecule has 1 radical (unpaired) electrons. The first-order valence-electron chi connectivity index (χ1n) is 9.99. The number of hydrogen-bond acceptors (Lipinski definition) is 4. The summed E-state index contributed by atoms with van der Waals surface area (Å²) >= 11 is 0.